The molecule has 0 aliphatic carbocycles. The standard InChI is InChI=1S/C19H19ClF2N2O/c20-16-4-2-14(3-5-16)13-23-6-1-7-24(9-8-23)19(25)15-10-17(21)12-18(22)11-15/h2-5,10-12H,1,6-9,13H2. The fraction of sp³-hybridized carbons (Fsp3) is 0.316. The number of amides is 1. The highest BCUT2D eigenvalue weighted by Crippen LogP contribution is 2.15. The lowest BCUT2D eigenvalue weighted by Crippen LogP contribution is -2.35. The molecule has 0 radical (unpaired) electrons. The van der Waals surface area contributed by atoms with Crippen LogP contribution in [0.3, 0.4) is 0 Å². The highest BCUT2D eigenvalue weighted by molar-refractivity contribution is 6.30. The molecule has 1 amide bonds. The second kappa shape index (κ2) is 7.93. The summed E-state index contributed by atoms with van der Waals surface area (Å²) in [4.78, 5) is 16.4. The van der Waals surface area contributed by atoms with Gasteiger partial charge >= 0.3 is 0 Å². The molecule has 25 heavy (non-hydrogen) atoms. The fourth-order valence-corrected chi connectivity index (χ4v) is 3.17. The predicted molar refractivity (Wildman–Crippen MR) is 93.6 cm³/mol. The van der Waals surface area contributed by atoms with Crippen LogP contribution >= 0.6 is 11.6 Å². The Kier molecular flexibility index (Phi) is 5.66. The Hall–Kier alpha value is -1.98. The number of carbonyl (C=O) groups excluding carboxylic acids is 1. The van der Waals surface area contributed by atoms with Crippen molar-refractivity contribution in [2.24, 2.45) is 0 Å². The predicted octanol–water partition coefficient (Wildman–Crippen LogP) is 3.97. The smallest absolute Gasteiger partial charge is 0.254 e. The zero-order valence-electron chi connectivity index (χ0n) is 13.7. The summed E-state index contributed by atoms with van der Waals surface area (Å²) in [6, 6.07) is 10.7. The first-order valence-electron chi connectivity index (χ1n) is 8.23. The van der Waals surface area contributed by atoms with Crippen molar-refractivity contribution >= 4 is 17.5 Å². The van der Waals surface area contributed by atoms with Gasteiger partial charge in [-0.3, -0.25) is 9.69 Å². The van der Waals surface area contributed by atoms with E-state index in [1.54, 1.807) is 4.90 Å². The Labute approximate surface area is 150 Å². The van der Waals surface area contributed by atoms with E-state index < -0.39 is 11.6 Å². The van der Waals surface area contributed by atoms with Crippen LogP contribution in [0.15, 0.2) is 42.5 Å². The molecule has 1 saturated heterocycles. The van der Waals surface area contributed by atoms with E-state index in [2.05, 4.69) is 4.90 Å². The largest absolute Gasteiger partial charge is 0.337 e. The number of benzene rings is 2. The Morgan fingerprint density at radius 3 is 2.32 bits per heavy atom. The second-order valence-corrected chi connectivity index (χ2v) is 6.64. The van der Waals surface area contributed by atoms with Gasteiger partial charge in [0.15, 0.2) is 0 Å². The van der Waals surface area contributed by atoms with Gasteiger partial charge in [-0.05, 0) is 36.2 Å². The lowest BCUT2D eigenvalue weighted by atomic mass is 10.2. The molecular weight excluding hydrogens is 346 g/mol. The molecule has 0 spiro atoms. The van der Waals surface area contributed by atoms with Crippen molar-refractivity contribution in [1.82, 2.24) is 9.80 Å². The minimum atomic E-state index is -0.734. The molecule has 0 N–H and O–H groups in total. The van der Waals surface area contributed by atoms with Crippen molar-refractivity contribution in [2.45, 2.75) is 13.0 Å². The van der Waals surface area contributed by atoms with Crippen LogP contribution in [0, 0.1) is 11.6 Å². The Morgan fingerprint density at radius 1 is 0.960 bits per heavy atom. The number of rotatable bonds is 3. The van der Waals surface area contributed by atoms with E-state index in [0.717, 1.165) is 43.3 Å². The summed E-state index contributed by atoms with van der Waals surface area (Å²) in [5.41, 5.74) is 1.22. The Balaban J connectivity index is 1.62. The maximum Gasteiger partial charge on any atom is 0.254 e. The number of hydrogen-bond donors (Lipinski definition) is 0. The molecule has 1 aliphatic rings. The number of hydrogen-bond acceptors (Lipinski definition) is 2. The van der Waals surface area contributed by atoms with Crippen LogP contribution in [0.5, 0.6) is 0 Å². The summed E-state index contributed by atoms with van der Waals surface area (Å²) in [5.74, 6) is -1.79. The van der Waals surface area contributed by atoms with Crippen molar-refractivity contribution in [3.8, 4) is 0 Å². The zero-order chi connectivity index (χ0) is 17.8. The average molecular weight is 365 g/mol. The maximum atomic E-state index is 13.3. The van der Waals surface area contributed by atoms with Gasteiger partial charge in [0.25, 0.3) is 5.91 Å². The van der Waals surface area contributed by atoms with E-state index in [-0.39, 0.29) is 11.5 Å². The minimum absolute atomic E-state index is 0.0589. The first-order chi connectivity index (χ1) is 12.0. The van der Waals surface area contributed by atoms with Crippen LogP contribution in [0.4, 0.5) is 8.78 Å². The van der Waals surface area contributed by atoms with Crippen molar-refractivity contribution in [3.63, 3.8) is 0 Å². The summed E-state index contributed by atoms with van der Waals surface area (Å²) < 4.78 is 26.7. The maximum absolute atomic E-state index is 13.3. The van der Waals surface area contributed by atoms with Gasteiger partial charge in [-0.1, -0.05) is 23.7 Å². The highest BCUT2D eigenvalue weighted by atomic mass is 35.5. The summed E-state index contributed by atoms with van der Waals surface area (Å²) in [5, 5.41) is 0.707. The van der Waals surface area contributed by atoms with Crippen LogP contribution < -0.4 is 0 Å². The normalized spacial score (nSPS) is 15.9. The molecular formula is C19H19ClF2N2O. The number of nitrogens with zero attached hydrogens (tertiary/aromatic N) is 2. The van der Waals surface area contributed by atoms with E-state index >= 15 is 0 Å². The van der Waals surface area contributed by atoms with Gasteiger partial charge in [-0.2, -0.15) is 0 Å². The molecule has 0 aromatic heterocycles. The lowest BCUT2D eigenvalue weighted by molar-refractivity contribution is 0.0760. The molecule has 0 saturated carbocycles. The van der Waals surface area contributed by atoms with E-state index in [0.29, 0.717) is 24.7 Å². The fourth-order valence-electron chi connectivity index (χ4n) is 3.04. The molecule has 1 fully saturated rings. The average Bonchev–Trinajstić information content (AvgIpc) is 2.81. The van der Waals surface area contributed by atoms with E-state index in [4.69, 9.17) is 11.6 Å². The molecule has 0 atom stereocenters. The van der Waals surface area contributed by atoms with Crippen molar-refractivity contribution < 1.29 is 13.6 Å². The van der Waals surface area contributed by atoms with Crippen molar-refractivity contribution in [1.29, 1.82) is 0 Å². The SMILES string of the molecule is O=C(c1cc(F)cc(F)c1)N1CCCN(Cc2ccc(Cl)cc2)CC1. The molecule has 2 aromatic carbocycles. The van der Waals surface area contributed by atoms with Crippen molar-refractivity contribution in [2.75, 3.05) is 26.2 Å². The molecule has 1 aliphatic heterocycles. The van der Waals surface area contributed by atoms with Gasteiger partial charge in [0.2, 0.25) is 0 Å². The van der Waals surface area contributed by atoms with Gasteiger partial charge in [-0.15, -0.1) is 0 Å². The molecule has 0 unspecified atom stereocenters. The Bertz CT molecular complexity index is 731. The molecule has 3 nitrogen and oxygen atoms in total. The molecule has 0 bridgehead atoms. The van der Waals surface area contributed by atoms with Crippen molar-refractivity contribution in [3.05, 3.63) is 70.2 Å². The van der Waals surface area contributed by atoms with Gasteiger partial charge in [0.05, 0.1) is 0 Å². The first kappa shape index (κ1) is 17.8. The summed E-state index contributed by atoms with van der Waals surface area (Å²) in [6.45, 7) is 3.47. The first-order valence-corrected chi connectivity index (χ1v) is 8.61. The monoisotopic (exact) mass is 364 g/mol. The molecule has 6 heteroatoms. The number of carbonyl (C=O) groups is 1. The topological polar surface area (TPSA) is 23.6 Å². The van der Waals surface area contributed by atoms with Crippen LogP contribution in [0.25, 0.3) is 0 Å². The van der Waals surface area contributed by atoms with Gasteiger partial charge in [0.1, 0.15) is 11.6 Å². The summed E-state index contributed by atoms with van der Waals surface area (Å²) >= 11 is 5.90. The second-order valence-electron chi connectivity index (χ2n) is 6.21. The third kappa shape index (κ3) is 4.77. The quantitative estimate of drug-likeness (QED) is 0.822. The van der Waals surface area contributed by atoms with Gasteiger partial charge < -0.3 is 4.90 Å². The Morgan fingerprint density at radius 2 is 1.64 bits per heavy atom. The zero-order valence-corrected chi connectivity index (χ0v) is 14.5. The molecule has 2 aromatic rings. The third-order valence-corrected chi connectivity index (χ3v) is 4.56. The molecule has 132 valence electrons. The van der Waals surface area contributed by atoms with Crippen LogP contribution in [0.2, 0.25) is 5.02 Å². The van der Waals surface area contributed by atoms with Gasteiger partial charge in [-0.25, -0.2) is 8.78 Å². The molecule has 1 heterocycles. The van der Waals surface area contributed by atoms with Crippen LogP contribution in [0.1, 0.15) is 22.3 Å². The minimum Gasteiger partial charge on any atom is -0.337 e. The third-order valence-electron chi connectivity index (χ3n) is 4.30. The van der Waals surface area contributed by atoms with Gasteiger partial charge in [0, 0.05) is 49.4 Å². The summed E-state index contributed by atoms with van der Waals surface area (Å²) in [6.07, 6.45) is 0.817. The number of halogens is 3. The van der Waals surface area contributed by atoms with Crippen LogP contribution in [-0.4, -0.2) is 41.9 Å². The van der Waals surface area contributed by atoms with E-state index in [1.165, 1.54) is 0 Å². The highest BCUT2D eigenvalue weighted by Gasteiger charge is 2.21. The van der Waals surface area contributed by atoms with E-state index in [9.17, 15) is 13.6 Å². The van der Waals surface area contributed by atoms with E-state index in [1.807, 2.05) is 24.3 Å². The summed E-state index contributed by atoms with van der Waals surface area (Å²) in [7, 11) is 0. The lowest BCUT2D eigenvalue weighted by Gasteiger charge is -2.22. The molecule has 3 rings (SSSR count). The van der Waals surface area contributed by atoms with Crippen LogP contribution in [-0.2, 0) is 6.54 Å².